The fourth-order valence-corrected chi connectivity index (χ4v) is 7.89. The van der Waals surface area contributed by atoms with Crippen molar-refractivity contribution in [3.05, 3.63) is 191 Å². The molecule has 1 unspecified atom stereocenters. The smallest absolute Gasteiger partial charge is 0.0998 e. The van der Waals surface area contributed by atoms with E-state index in [-0.39, 0.29) is 5.92 Å². The molecule has 5 nitrogen and oxygen atoms in total. The Morgan fingerprint density at radius 2 is 1.44 bits per heavy atom. The summed E-state index contributed by atoms with van der Waals surface area (Å²) in [4.78, 5) is 2.20. The Morgan fingerprint density at radius 3 is 2.29 bits per heavy atom. The van der Waals surface area contributed by atoms with E-state index in [1.807, 2.05) is 66.7 Å². The van der Waals surface area contributed by atoms with Gasteiger partial charge in [-0.1, -0.05) is 85.0 Å². The first-order chi connectivity index (χ1) is 25.7. The number of anilines is 2. The zero-order valence-electron chi connectivity index (χ0n) is 28.0. The van der Waals surface area contributed by atoms with Gasteiger partial charge in [-0.15, -0.1) is 0 Å². The Bertz CT molecular complexity index is 2800. The number of hydrogen-bond donors (Lipinski definition) is 0. The Hall–Kier alpha value is -7.39. The summed E-state index contributed by atoms with van der Waals surface area (Å²) in [6, 6.07) is 41.6. The number of para-hydroxylation sites is 1. The average Bonchev–Trinajstić information content (AvgIpc) is 3.34. The van der Waals surface area contributed by atoms with Crippen molar-refractivity contribution in [2.45, 2.75) is 12.3 Å². The summed E-state index contributed by atoms with van der Waals surface area (Å²) < 4.78 is 2.28. The summed E-state index contributed by atoms with van der Waals surface area (Å²) in [6.45, 7) is 0. The minimum absolute atomic E-state index is 0.0171. The number of fused-ring (bicyclic) bond motifs is 6. The van der Waals surface area contributed by atoms with Crippen molar-refractivity contribution < 1.29 is 0 Å². The molecular formula is C47H29N5. The normalized spacial score (nSPS) is 15.8. The lowest BCUT2D eigenvalue weighted by atomic mass is 9.87. The van der Waals surface area contributed by atoms with Crippen LogP contribution in [0, 0.1) is 34.0 Å². The molecule has 242 valence electrons. The molecule has 1 atom stereocenters. The topological polar surface area (TPSA) is 79.5 Å². The predicted octanol–water partition coefficient (Wildman–Crippen LogP) is 11.2. The van der Waals surface area contributed by atoms with Gasteiger partial charge < -0.3 is 9.47 Å². The summed E-state index contributed by atoms with van der Waals surface area (Å²) in [5.74, 6) is 0.0171. The highest BCUT2D eigenvalue weighted by atomic mass is 15.2. The molecular weight excluding hydrogens is 635 g/mol. The van der Waals surface area contributed by atoms with Crippen molar-refractivity contribution in [2.24, 2.45) is 0 Å². The molecule has 9 rings (SSSR count). The number of nitrogens with zero attached hydrogens (tertiary/aromatic N) is 5. The highest BCUT2D eigenvalue weighted by Gasteiger charge is 2.28. The number of rotatable bonds is 4. The van der Waals surface area contributed by atoms with Gasteiger partial charge in [0.2, 0.25) is 0 Å². The van der Waals surface area contributed by atoms with Crippen LogP contribution in [0.3, 0.4) is 0 Å². The molecule has 0 amide bonds. The van der Waals surface area contributed by atoms with Crippen molar-refractivity contribution in [3.8, 4) is 29.3 Å². The first kappa shape index (κ1) is 30.7. The van der Waals surface area contributed by atoms with Gasteiger partial charge in [0.05, 0.1) is 57.3 Å². The van der Waals surface area contributed by atoms with Crippen molar-refractivity contribution in [3.63, 3.8) is 0 Å². The van der Waals surface area contributed by atoms with Crippen LogP contribution in [-0.2, 0) is 0 Å². The number of benzene rings is 5. The van der Waals surface area contributed by atoms with Gasteiger partial charge >= 0.3 is 0 Å². The minimum atomic E-state index is 0.0171. The maximum absolute atomic E-state index is 10.5. The van der Waals surface area contributed by atoms with E-state index in [1.54, 1.807) is 0 Å². The van der Waals surface area contributed by atoms with Crippen LogP contribution in [-0.4, -0.2) is 4.57 Å². The summed E-state index contributed by atoms with van der Waals surface area (Å²) in [5.41, 5.74) is 12.7. The molecule has 0 saturated heterocycles. The lowest BCUT2D eigenvalue weighted by Crippen LogP contribution is -2.22. The van der Waals surface area contributed by atoms with Crippen LogP contribution in [0.4, 0.5) is 11.4 Å². The number of allylic oxidation sites excluding steroid dienone is 11. The van der Waals surface area contributed by atoms with E-state index >= 15 is 0 Å². The number of aromatic nitrogens is 1. The first-order valence-corrected chi connectivity index (χ1v) is 17.2. The first-order valence-electron chi connectivity index (χ1n) is 17.2. The quantitative estimate of drug-likeness (QED) is 0.188. The Balaban J connectivity index is 1.23. The molecule has 3 aliphatic rings. The SMILES string of the molecule is N#Cc1ccc2c(c1)c1ccccc1n2C1=C(c2cccc(C#N)c2-c2ccc(N3C4=CC(C=CC=C4)c4c(C#N)cccc43)cc2)C=CCC=C1. The molecule has 5 heteroatoms. The van der Waals surface area contributed by atoms with Gasteiger partial charge in [-0.25, -0.2) is 0 Å². The second-order valence-corrected chi connectivity index (χ2v) is 13.0. The highest BCUT2D eigenvalue weighted by molar-refractivity contribution is 6.13. The lowest BCUT2D eigenvalue weighted by Gasteiger charge is -2.34. The summed E-state index contributed by atoms with van der Waals surface area (Å²) in [5, 5.41) is 32.3. The van der Waals surface area contributed by atoms with Crippen molar-refractivity contribution in [1.82, 2.24) is 4.57 Å². The van der Waals surface area contributed by atoms with E-state index < -0.39 is 0 Å². The molecule has 0 N–H and O–H groups in total. The molecule has 5 aromatic carbocycles. The van der Waals surface area contributed by atoms with Crippen molar-refractivity contribution in [2.75, 3.05) is 4.90 Å². The number of hydrogen-bond acceptors (Lipinski definition) is 4. The van der Waals surface area contributed by atoms with Crippen LogP contribution in [0.2, 0.25) is 0 Å². The molecule has 6 aromatic rings. The Labute approximate surface area is 301 Å². The standard InChI is InChI=1S/C47H29N5/c48-28-31-20-25-44-41(26-31)39-15-6-7-18-43(39)52(44)42-17-3-1-2-14-38(42)40-16-8-11-34(29-49)46(40)32-21-23-36(24-22-32)51-37-13-5-4-10-33(27-37)47-35(30-50)12-9-19-45(47)51/h2-27,33H,1H2. The highest BCUT2D eigenvalue weighted by Crippen LogP contribution is 2.46. The fourth-order valence-electron chi connectivity index (χ4n) is 7.89. The fraction of sp³-hybridized carbons (Fsp3) is 0.0426. The van der Waals surface area contributed by atoms with E-state index in [0.717, 1.165) is 78.8 Å². The van der Waals surface area contributed by atoms with Crippen LogP contribution in [0.15, 0.2) is 164 Å². The monoisotopic (exact) mass is 663 g/mol. The van der Waals surface area contributed by atoms with Crippen LogP contribution in [0.5, 0.6) is 0 Å². The maximum atomic E-state index is 10.5. The number of nitriles is 3. The van der Waals surface area contributed by atoms with Gasteiger partial charge in [-0.3, -0.25) is 0 Å². The lowest BCUT2D eigenvalue weighted by molar-refractivity contribution is 0.992. The molecule has 0 fully saturated rings. The third-order valence-corrected chi connectivity index (χ3v) is 10.1. The van der Waals surface area contributed by atoms with E-state index in [1.165, 1.54) is 0 Å². The van der Waals surface area contributed by atoms with E-state index in [0.29, 0.717) is 16.7 Å². The molecule has 2 bridgehead atoms. The van der Waals surface area contributed by atoms with Crippen molar-refractivity contribution >= 4 is 44.5 Å². The van der Waals surface area contributed by atoms with Crippen LogP contribution < -0.4 is 4.90 Å². The second-order valence-electron chi connectivity index (χ2n) is 13.0. The summed E-state index contributed by atoms with van der Waals surface area (Å²) in [6.07, 6.45) is 20.0. The molecule has 0 radical (unpaired) electrons. The van der Waals surface area contributed by atoms with Gasteiger partial charge in [0.15, 0.2) is 0 Å². The molecule has 1 aromatic heterocycles. The molecule has 2 heterocycles. The predicted molar refractivity (Wildman–Crippen MR) is 209 cm³/mol. The van der Waals surface area contributed by atoms with E-state index in [2.05, 4.69) is 119 Å². The summed E-state index contributed by atoms with van der Waals surface area (Å²) >= 11 is 0. The second kappa shape index (κ2) is 12.5. The molecule has 0 spiro atoms. The van der Waals surface area contributed by atoms with Gasteiger partial charge in [0, 0.05) is 44.8 Å². The Kier molecular flexibility index (Phi) is 7.36. The third-order valence-electron chi connectivity index (χ3n) is 10.1. The zero-order chi connectivity index (χ0) is 35.2. The van der Waals surface area contributed by atoms with Gasteiger partial charge in [-0.05, 0) is 90.4 Å². The molecule has 52 heavy (non-hydrogen) atoms. The van der Waals surface area contributed by atoms with Crippen LogP contribution in [0.1, 0.15) is 40.2 Å². The van der Waals surface area contributed by atoms with Crippen LogP contribution in [0.25, 0.3) is 44.2 Å². The third kappa shape index (κ3) is 4.83. The van der Waals surface area contributed by atoms with Gasteiger partial charge in [0.25, 0.3) is 0 Å². The van der Waals surface area contributed by atoms with E-state index in [9.17, 15) is 15.8 Å². The van der Waals surface area contributed by atoms with Crippen LogP contribution >= 0.6 is 0 Å². The maximum Gasteiger partial charge on any atom is 0.0998 e. The van der Waals surface area contributed by atoms with Gasteiger partial charge in [-0.2, -0.15) is 15.8 Å². The minimum Gasteiger partial charge on any atom is -0.310 e. The Morgan fingerprint density at radius 1 is 0.654 bits per heavy atom. The average molecular weight is 664 g/mol. The largest absolute Gasteiger partial charge is 0.310 e. The van der Waals surface area contributed by atoms with E-state index in [4.69, 9.17) is 0 Å². The van der Waals surface area contributed by atoms with Gasteiger partial charge in [0.1, 0.15) is 0 Å². The molecule has 0 saturated carbocycles. The van der Waals surface area contributed by atoms with Crippen molar-refractivity contribution in [1.29, 1.82) is 15.8 Å². The summed E-state index contributed by atoms with van der Waals surface area (Å²) in [7, 11) is 0. The molecule has 1 aliphatic heterocycles. The molecule has 2 aliphatic carbocycles. The zero-order valence-corrected chi connectivity index (χ0v) is 28.0.